The van der Waals surface area contributed by atoms with Gasteiger partial charge in [-0.2, -0.15) is 0 Å². The maximum atomic E-state index is 14.2. The monoisotopic (exact) mass is 424 g/mol. The highest BCUT2D eigenvalue weighted by Crippen LogP contribution is 2.74. The molecule has 1 nitrogen and oxygen atoms in total. The summed E-state index contributed by atoms with van der Waals surface area (Å²) < 4.78 is 0. The minimum atomic E-state index is 0.131. The van der Waals surface area contributed by atoms with E-state index in [1.807, 2.05) is 0 Å². The van der Waals surface area contributed by atoms with Crippen LogP contribution in [0.2, 0.25) is 0 Å². The Morgan fingerprint density at radius 1 is 0.742 bits per heavy atom. The van der Waals surface area contributed by atoms with Crippen LogP contribution in [0.25, 0.3) is 0 Å². The van der Waals surface area contributed by atoms with Gasteiger partial charge in [0.25, 0.3) is 0 Å². The third-order valence-electron chi connectivity index (χ3n) is 12.4. The first-order valence-electron chi connectivity index (χ1n) is 13.4. The Balaban J connectivity index is 1.65. The van der Waals surface area contributed by atoms with Crippen LogP contribution in [-0.2, 0) is 4.79 Å². The summed E-state index contributed by atoms with van der Waals surface area (Å²) in [6.45, 7) is 20.1. The molecule has 4 saturated carbocycles. The van der Waals surface area contributed by atoms with Crippen molar-refractivity contribution in [1.29, 1.82) is 0 Å². The van der Waals surface area contributed by atoms with Crippen LogP contribution >= 0.6 is 0 Å². The molecule has 0 radical (unpaired) electrons. The summed E-state index contributed by atoms with van der Waals surface area (Å²) in [5.74, 6) is 1.57. The minimum Gasteiger partial charge on any atom is -0.299 e. The maximum Gasteiger partial charge on any atom is 0.141 e. The Bertz CT molecular complexity index is 844. The number of rotatable bonds is 0. The zero-order valence-electron chi connectivity index (χ0n) is 21.8. The van der Waals surface area contributed by atoms with E-state index in [0.29, 0.717) is 27.9 Å². The van der Waals surface area contributed by atoms with E-state index >= 15 is 0 Å². The van der Waals surface area contributed by atoms with Gasteiger partial charge in [0.1, 0.15) is 5.78 Å². The first-order valence-corrected chi connectivity index (χ1v) is 13.4. The summed E-state index contributed by atoms with van der Waals surface area (Å²) in [4.78, 5) is 14.2. The molecule has 6 atom stereocenters. The molecule has 0 aromatic carbocycles. The molecule has 5 aliphatic carbocycles. The van der Waals surface area contributed by atoms with Crippen LogP contribution in [0.3, 0.4) is 0 Å². The molecule has 0 heterocycles. The third kappa shape index (κ3) is 2.76. The molecule has 0 N–H and O–H groups in total. The Labute approximate surface area is 192 Å². The Hall–Kier alpha value is -0.590. The van der Waals surface area contributed by atoms with Crippen LogP contribution in [0, 0.1) is 44.3 Å². The molecule has 0 amide bonds. The molecule has 174 valence electrons. The van der Waals surface area contributed by atoms with E-state index in [2.05, 4.69) is 55.4 Å². The molecule has 4 fully saturated rings. The highest BCUT2D eigenvalue weighted by molar-refractivity contribution is 5.87. The van der Waals surface area contributed by atoms with Crippen molar-refractivity contribution in [2.24, 2.45) is 44.3 Å². The topological polar surface area (TPSA) is 17.1 Å². The number of Topliss-reactive ketones (excluding diaryl/α,β-unsaturated/α-hetero) is 1. The van der Waals surface area contributed by atoms with E-state index in [1.54, 1.807) is 11.1 Å². The maximum absolute atomic E-state index is 14.2. The lowest BCUT2D eigenvalue weighted by molar-refractivity contribution is -0.186. The van der Waals surface area contributed by atoms with E-state index in [1.165, 1.54) is 64.2 Å². The molecule has 0 aromatic heterocycles. The number of fused-ring (bicyclic) bond motifs is 6. The molecule has 0 aromatic rings. The number of ketones is 1. The summed E-state index contributed by atoms with van der Waals surface area (Å²) in [6, 6.07) is 0. The van der Waals surface area contributed by atoms with E-state index in [4.69, 9.17) is 0 Å². The highest BCUT2D eigenvalue weighted by atomic mass is 16.1. The molecule has 0 aliphatic heterocycles. The van der Waals surface area contributed by atoms with Gasteiger partial charge >= 0.3 is 0 Å². The third-order valence-corrected chi connectivity index (χ3v) is 12.4. The van der Waals surface area contributed by atoms with Crippen LogP contribution in [0.15, 0.2) is 11.1 Å². The fraction of sp³-hybridized carbons (Fsp3) is 0.900. The molecule has 0 bridgehead atoms. The van der Waals surface area contributed by atoms with Crippen molar-refractivity contribution in [2.75, 3.05) is 0 Å². The number of carbonyl (C=O) groups is 1. The van der Waals surface area contributed by atoms with Gasteiger partial charge < -0.3 is 0 Å². The fourth-order valence-electron chi connectivity index (χ4n) is 10.4. The van der Waals surface area contributed by atoms with Gasteiger partial charge in [0.15, 0.2) is 0 Å². The van der Waals surface area contributed by atoms with Gasteiger partial charge in [-0.25, -0.2) is 0 Å². The molecule has 0 spiro atoms. The fourth-order valence-corrected chi connectivity index (χ4v) is 10.4. The van der Waals surface area contributed by atoms with E-state index < -0.39 is 0 Å². The predicted octanol–water partition coefficient (Wildman–Crippen LogP) is 8.52. The Morgan fingerprint density at radius 3 is 2.13 bits per heavy atom. The highest BCUT2D eigenvalue weighted by Gasteiger charge is 2.68. The Kier molecular flexibility index (Phi) is 4.51. The molecular weight excluding hydrogens is 376 g/mol. The normalized spacial score (nSPS) is 50.8. The number of carbonyl (C=O) groups excluding carboxylic acids is 1. The lowest BCUT2D eigenvalue weighted by Crippen LogP contribution is -2.65. The zero-order chi connectivity index (χ0) is 22.7. The molecule has 0 saturated heterocycles. The first-order chi connectivity index (χ1) is 14.2. The quantitative estimate of drug-likeness (QED) is 0.356. The summed E-state index contributed by atoms with van der Waals surface area (Å²) >= 11 is 0. The van der Waals surface area contributed by atoms with Gasteiger partial charge in [0.2, 0.25) is 0 Å². The van der Waals surface area contributed by atoms with E-state index in [9.17, 15) is 4.79 Å². The van der Waals surface area contributed by atoms with Gasteiger partial charge in [-0.05, 0) is 96.2 Å². The van der Waals surface area contributed by atoms with Gasteiger partial charge in [-0.15, -0.1) is 0 Å². The second kappa shape index (κ2) is 6.29. The SMILES string of the molecule is CC1(C)CC[C@]2(C)CC[C@]3(C)C(=C2C1)CC(=O)[C@@H]1[C@@]2(C)CCCC(C)(C)[C@@H]2CC[C@]13C. The predicted molar refractivity (Wildman–Crippen MR) is 130 cm³/mol. The van der Waals surface area contributed by atoms with E-state index in [-0.39, 0.29) is 22.2 Å². The molecule has 1 heteroatoms. The van der Waals surface area contributed by atoms with Crippen molar-refractivity contribution < 1.29 is 4.79 Å². The largest absolute Gasteiger partial charge is 0.299 e. The minimum absolute atomic E-state index is 0.131. The van der Waals surface area contributed by atoms with Crippen molar-refractivity contribution in [3.63, 3.8) is 0 Å². The Morgan fingerprint density at radius 2 is 1.42 bits per heavy atom. The standard InChI is InChI=1S/C30H48O/c1-25(2)14-15-27(5)16-17-29(7)20(21(27)19-25)18-22(31)24-28(6)12-9-11-26(3,4)23(28)10-13-30(24,29)8/h23-24H,9-19H2,1-8H3/t23-,24+,27+,28-,29+,30+/m0/s1. The van der Waals surface area contributed by atoms with Crippen LogP contribution in [0.4, 0.5) is 0 Å². The number of allylic oxidation sites excluding steroid dienone is 2. The molecule has 31 heavy (non-hydrogen) atoms. The lowest BCUT2D eigenvalue weighted by Gasteiger charge is -2.69. The average Bonchev–Trinajstić information content (AvgIpc) is 2.64. The van der Waals surface area contributed by atoms with Crippen molar-refractivity contribution in [2.45, 2.75) is 126 Å². The van der Waals surface area contributed by atoms with Gasteiger partial charge in [-0.3, -0.25) is 4.79 Å². The zero-order valence-corrected chi connectivity index (χ0v) is 21.8. The van der Waals surface area contributed by atoms with Crippen LogP contribution in [-0.4, -0.2) is 5.78 Å². The van der Waals surface area contributed by atoms with Gasteiger partial charge in [0, 0.05) is 12.3 Å². The average molecular weight is 425 g/mol. The summed E-state index contributed by atoms with van der Waals surface area (Å²) in [5, 5.41) is 0. The van der Waals surface area contributed by atoms with Gasteiger partial charge in [0.05, 0.1) is 0 Å². The summed E-state index contributed by atoms with van der Waals surface area (Å²) in [5.41, 5.74) is 5.00. The smallest absolute Gasteiger partial charge is 0.141 e. The lowest BCUT2D eigenvalue weighted by atomic mass is 9.34. The number of hydrogen-bond donors (Lipinski definition) is 0. The van der Waals surface area contributed by atoms with Gasteiger partial charge in [-0.1, -0.05) is 73.0 Å². The first kappa shape index (κ1) is 22.2. The van der Waals surface area contributed by atoms with Crippen LogP contribution in [0.1, 0.15) is 126 Å². The van der Waals surface area contributed by atoms with E-state index in [0.717, 1.165) is 6.42 Å². The second-order valence-corrected chi connectivity index (χ2v) is 15.1. The molecule has 5 rings (SSSR count). The van der Waals surface area contributed by atoms with Crippen LogP contribution in [0.5, 0.6) is 0 Å². The molecular formula is C30H48O. The van der Waals surface area contributed by atoms with Crippen molar-refractivity contribution in [3.05, 3.63) is 11.1 Å². The van der Waals surface area contributed by atoms with Crippen molar-refractivity contribution in [1.82, 2.24) is 0 Å². The number of hydrogen-bond acceptors (Lipinski definition) is 1. The van der Waals surface area contributed by atoms with Crippen molar-refractivity contribution in [3.8, 4) is 0 Å². The summed E-state index contributed by atoms with van der Waals surface area (Å²) in [6.07, 6.45) is 13.7. The molecule has 5 aliphatic rings. The summed E-state index contributed by atoms with van der Waals surface area (Å²) in [7, 11) is 0. The van der Waals surface area contributed by atoms with Crippen molar-refractivity contribution >= 4 is 5.78 Å². The van der Waals surface area contributed by atoms with Crippen LogP contribution < -0.4 is 0 Å². The molecule has 0 unspecified atom stereocenters. The second-order valence-electron chi connectivity index (χ2n) is 15.1.